The molecule has 1 N–H and O–H groups in total. The molecule has 6 atom stereocenters. The molecule has 49 heavy (non-hydrogen) atoms. The number of nitrogens with zero attached hydrogens (tertiary/aromatic N) is 3. The molecule has 2 amide bonds. The third-order valence-electron chi connectivity index (χ3n) is 11.6. The second kappa shape index (κ2) is 16.2. The van der Waals surface area contributed by atoms with Crippen LogP contribution in [0.5, 0.6) is 0 Å². The Bertz CT molecular complexity index is 1380. The third kappa shape index (κ3) is 9.09. The van der Waals surface area contributed by atoms with E-state index in [0.717, 1.165) is 64.2 Å². The third-order valence-corrected chi connectivity index (χ3v) is 11.6. The van der Waals surface area contributed by atoms with E-state index in [2.05, 4.69) is 15.3 Å². The lowest BCUT2D eigenvalue weighted by Gasteiger charge is -2.38. The minimum absolute atomic E-state index is 0.00639. The quantitative estimate of drug-likeness (QED) is 0.173. The molecule has 0 bridgehead atoms. The Morgan fingerprint density at radius 3 is 2.29 bits per heavy atom. The molecule has 3 aliphatic carbocycles. The molecule has 268 valence electrons. The van der Waals surface area contributed by atoms with Crippen molar-refractivity contribution in [2.24, 2.45) is 40.9 Å². The van der Waals surface area contributed by atoms with Gasteiger partial charge in [0.2, 0.25) is 17.6 Å². The van der Waals surface area contributed by atoms with Crippen molar-refractivity contribution in [3.05, 3.63) is 24.3 Å². The maximum Gasteiger partial charge on any atom is 0.246 e. The summed E-state index contributed by atoms with van der Waals surface area (Å²) in [6, 6.07) is -1.60. The summed E-state index contributed by atoms with van der Waals surface area (Å²) in [5, 5.41) is 3.10. The van der Waals surface area contributed by atoms with E-state index in [1.165, 1.54) is 18.6 Å². The molecule has 4 fully saturated rings. The Hall–Kier alpha value is -3.30. The fourth-order valence-corrected chi connectivity index (χ4v) is 8.72. The number of Topliss-reactive ketones (excluding diaryl/α,β-unsaturated/α-hetero) is 4. The Morgan fingerprint density at radius 1 is 0.918 bits per heavy atom. The second-order valence-electron chi connectivity index (χ2n) is 16.4. The van der Waals surface area contributed by atoms with Gasteiger partial charge in [-0.1, -0.05) is 59.8 Å². The van der Waals surface area contributed by atoms with Gasteiger partial charge in [0, 0.05) is 50.0 Å². The van der Waals surface area contributed by atoms with Gasteiger partial charge < -0.3 is 10.2 Å². The molecule has 0 radical (unpaired) electrons. The SMILES string of the molecule is CCC[C@@H](CC(=O)[C@@H]1[C@H]2CCC[C@H]2CN1C(=O)[C@@H](NC(=O)[C@@H](CC(=O)c1cnccn1)C1CCCCC1)C(C)(C)C)C(=O)C(=O)CC1CC1. The first-order valence-electron chi connectivity index (χ1n) is 18.9. The number of nitrogens with one attached hydrogen (secondary N) is 1. The Kier molecular flexibility index (Phi) is 12.2. The maximum absolute atomic E-state index is 14.7. The van der Waals surface area contributed by atoms with Crippen LogP contribution in [0.15, 0.2) is 18.6 Å². The molecule has 3 saturated carbocycles. The first-order valence-corrected chi connectivity index (χ1v) is 18.9. The molecular formula is C39H56N4O6. The van der Waals surface area contributed by atoms with Gasteiger partial charge in [0.05, 0.1) is 12.2 Å². The Labute approximate surface area is 291 Å². The molecule has 1 aromatic heterocycles. The molecule has 0 unspecified atom stereocenters. The Balaban J connectivity index is 1.36. The summed E-state index contributed by atoms with van der Waals surface area (Å²) in [6.07, 6.45) is 15.2. The van der Waals surface area contributed by atoms with E-state index in [4.69, 9.17) is 0 Å². The van der Waals surface area contributed by atoms with Crippen LogP contribution >= 0.6 is 0 Å². The van der Waals surface area contributed by atoms with Crippen molar-refractivity contribution >= 4 is 34.9 Å². The van der Waals surface area contributed by atoms with Crippen LogP contribution in [0.25, 0.3) is 0 Å². The summed E-state index contributed by atoms with van der Waals surface area (Å²) in [5.41, 5.74) is -0.460. The van der Waals surface area contributed by atoms with Crippen molar-refractivity contribution in [3.63, 3.8) is 0 Å². The standard InChI is InChI=1S/C39H56N4O6/c1-5-10-26(35(47)33(46)19-24-15-16-24)20-32(45)34-28-14-9-13-27(28)23-43(34)38(49)36(39(2,3)4)42-37(48)29(25-11-7-6-8-12-25)21-31(44)30-22-40-17-18-41-30/h17-18,22,24-29,34,36H,5-16,19-21,23H2,1-4H3,(H,42,48)/t26-,27-,28-,29-,34-,36+/m0/s1. The highest BCUT2D eigenvalue weighted by Crippen LogP contribution is 2.44. The fourth-order valence-electron chi connectivity index (χ4n) is 8.72. The van der Waals surface area contributed by atoms with E-state index < -0.39 is 35.1 Å². The van der Waals surface area contributed by atoms with Gasteiger partial charge in [0.1, 0.15) is 11.7 Å². The zero-order chi connectivity index (χ0) is 35.3. The second-order valence-corrected chi connectivity index (χ2v) is 16.4. The van der Waals surface area contributed by atoms with Crippen LogP contribution in [-0.4, -0.2) is 68.4 Å². The number of carbonyl (C=O) groups is 6. The van der Waals surface area contributed by atoms with Gasteiger partial charge in [-0.25, -0.2) is 4.98 Å². The highest BCUT2D eigenvalue weighted by Gasteiger charge is 2.52. The molecule has 10 heteroatoms. The smallest absolute Gasteiger partial charge is 0.246 e. The molecule has 0 spiro atoms. The van der Waals surface area contributed by atoms with E-state index in [9.17, 15) is 28.8 Å². The van der Waals surface area contributed by atoms with Crippen molar-refractivity contribution in [1.29, 1.82) is 0 Å². The van der Waals surface area contributed by atoms with Crippen molar-refractivity contribution in [1.82, 2.24) is 20.2 Å². The van der Waals surface area contributed by atoms with Crippen molar-refractivity contribution in [3.8, 4) is 0 Å². The summed E-state index contributed by atoms with van der Waals surface area (Å²) >= 11 is 0. The molecule has 4 aliphatic rings. The van der Waals surface area contributed by atoms with Crippen molar-refractivity contribution < 1.29 is 28.8 Å². The number of hydrogen-bond acceptors (Lipinski definition) is 8. The molecule has 5 rings (SSSR count). The summed E-state index contributed by atoms with van der Waals surface area (Å²) < 4.78 is 0. The number of ketones is 4. The van der Waals surface area contributed by atoms with E-state index in [-0.39, 0.29) is 71.9 Å². The van der Waals surface area contributed by atoms with Gasteiger partial charge in [-0.15, -0.1) is 0 Å². The van der Waals surface area contributed by atoms with E-state index >= 15 is 0 Å². The number of carbonyl (C=O) groups excluding carboxylic acids is 6. The van der Waals surface area contributed by atoms with Gasteiger partial charge in [0.25, 0.3) is 0 Å². The van der Waals surface area contributed by atoms with Gasteiger partial charge in [-0.3, -0.25) is 33.8 Å². The molecule has 10 nitrogen and oxygen atoms in total. The minimum Gasteiger partial charge on any atom is -0.344 e. The van der Waals surface area contributed by atoms with Crippen LogP contribution in [0.3, 0.4) is 0 Å². The predicted molar refractivity (Wildman–Crippen MR) is 184 cm³/mol. The van der Waals surface area contributed by atoms with Crippen molar-refractivity contribution in [2.75, 3.05) is 6.54 Å². The van der Waals surface area contributed by atoms with E-state index in [1.54, 1.807) is 4.90 Å². The lowest BCUT2D eigenvalue weighted by molar-refractivity contribution is -0.146. The molecule has 1 aromatic rings. The fraction of sp³-hybridized carbons (Fsp3) is 0.744. The van der Waals surface area contributed by atoms with Crippen molar-refractivity contribution in [2.45, 2.75) is 136 Å². The first-order chi connectivity index (χ1) is 23.4. The van der Waals surface area contributed by atoms with Crippen LogP contribution in [0.4, 0.5) is 0 Å². The topological polar surface area (TPSA) is 143 Å². The number of fused-ring (bicyclic) bond motifs is 1. The van der Waals surface area contributed by atoms with Gasteiger partial charge in [0.15, 0.2) is 17.3 Å². The van der Waals surface area contributed by atoms with Crippen LogP contribution < -0.4 is 5.32 Å². The predicted octanol–water partition coefficient (Wildman–Crippen LogP) is 5.72. The van der Waals surface area contributed by atoms with Crippen LogP contribution in [0, 0.1) is 40.9 Å². The molecular weight excluding hydrogens is 620 g/mol. The van der Waals surface area contributed by atoms with Gasteiger partial charge in [-0.2, -0.15) is 0 Å². The van der Waals surface area contributed by atoms with Gasteiger partial charge >= 0.3 is 0 Å². The minimum atomic E-state index is -0.917. The highest BCUT2D eigenvalue weighted by molar-refractivity contribution is 6.38. The van der Waals surface area contributed by atoms with E-state index in [1.807, 2.05) is 27.7 Å². The summed E-state index contributed by atoms with van der Waals surface area (Å²) in [7, 11) is 0. The average Bonchev–Trinajstić information content (AvgIpc) is 3.65. The monoisotopic (exact) mass is 676 g/mol. The number of aromatic nitrogens is 2. The molecule has 1 saturated heterocycles. The van der Waals surface area contributed by atoms with Crippen LogP contribution in [0.1, 0.15) is 134 Å². The average molecular weight is 677 g/mol. The summed E-state index contributed by atoms with van der Waals surface area (Å²) in [5.74, 6) is -2.59. The van der Waals surface area contributed by atoms with Gasteiger partial charge in [-0.05, 0) is 74.0 Å². The number of hydrogen-bond donors (Lipinski definition) is 1. The summed E-state index contributed by atoms with van der Waals surface area (Å²) in [6.45, 7) is 8.11. The zero-order valence-electron chi connectivity index (χ0n) is 30.0. The first kappa shape index (κ1) is 37.0. The lowest BCUT2D eigenvalue weighted by Crippen LogP contribution is -2.58. The Morgan fingerprint density at radius 2 is 1.65 bits per heavy atom. The van der Waals surface area contributed by atoms with Crippen LogP contribution in [0.2, 0.25) is 0 Å². The zero-order valence-corrected chi connectivity index (χ0v) is 30.0. The largest absolute Gasteiger partial charge is 0.344 e. The number of amides is 2. The summed E-state index contributed by atoms with van der Waals surface area (Å²) in [4.78, 5) is 92.3. The highest BCUT2D eigenvalue weighted by atomic mass is 16.2. The number of rotatable bonds is 16. The maximum atomic E-state index is 14.7. The number of likely N-dealkylation sites (tertiary alicyclic amines) is 1. The molecule has 1 aliphatic heterocycles. The lowest BCUT2D eigenvalue weighted by atomic mass is 9.76. The van der Waals surface area contributed by atoms with E-state index in [0.29, 0.717) is 25.3 Å². The normalized spacial score (nSPS) is 24.5. The van der Waals surface area contributed by atoms with Crippen LogP contribution in [-0.2, 0) is 24.0 Å². The molecule has 2 heterocycles. The molecule has 0 aromatic carbocycles.